The van der Waals surface area contributed by atoms with E-state index in [-0.39, 0.29) is 18.5 Å². The molecule has 0 fully saturated rings. The van der Waals surface area contributed by atoms with Gasteiger partial charge in [0.25, 0.3) is 0 Å². The average Bonchev–Trinajstić information content (AvgIpc) is 2.15. The Kier molecular flexibility index (Phi) is 4.10. The number of esters is 1. The number of benzene rings is 1. The summed E-state index contributed by atoms with van der Waals surface area (Å²) in [4.78, 5) is 11.1. The molecule has 0 unspecified atom stereocenters. The van der Waals surface area contributed by atoms with E-state index in [0.717, 1.165) is 6.07 Å². The fraction of sp³-hybridized carbons (Fsp3) is 0.364. The normalized spacial score (nSPS) is 10.2. The first-order valence-electron chi connectivity index (χ1n) is 4.86. The first kappa shape index (κ1) is 12.3. The molecule has 5 heteroatoms. The van der Waals surface area contributed by atoms with Crippen molar-refractivity contribution in [3.05, 3.63) is 24.0 Å². The standard InChI is InChI=1S/C11H14FNO3/c1-7(2)16-11(14)6-15-10-4-3-8(13)5-9(10)12/h3-5,7H,6,13H2,1-2H3. The summed E-state index contributed by atoms with van der Waals surface area (Å²) >= 11 is 0. The summed E-state index contributed by atoms with van der Waals surface area (Å²) in [5.41, 5.74) is 5.66. The second-order valence-corrected chi connectivity index (χ2v) is 3.52. The van der Waals surface area contributed by atoms with Crippen molar-refractivity contribution in [1.82, 2.24) is 0 Å². The monoisotopic (exact) mass is 227 g/mol. The maximum Gasteiger partial charge on any atom is 0.344 e. The molecule has 0 amide bonds. The quantitative estimate of drug-likeness (QED) is 0.628. The third-order valence-corrected chi connectivity index (χ3v) is 1.67. The Hall–Kier alpha value is -1.78. The lowest BCUT2D eigenvalue weighted by Gasteiger charge is -2.09. The van der Waals surface area contributed by atoms with Gasteiger partial charge in [0.05, 0.1) is 6.10 Å². The molecule has 0 aliphatic rings. The largest absolute Gasteiger partial charge is 0.479 e. The maximum atomic E-state index is 13.2. The van der Waals surface area contributed by atoms with E-state index in [4.69, 9.17) is 15.2 Å². The van der Waals surface area contributed by atoms with Gasteiger partial charge in [0.2, 0.25) is 0 Å². The topological polar surface area (TPSA) is 61.5 Å². The Morgan fingerprint density at radius 2 is 2.19 bits per heavy atom. The lowest BCUT2D eigenvalue weighted by atomic mass is 10.3. The van der Waals surface area contributed by atoms with Gasteiger partial charge in [-0.2, -0.15) is 0 Å². The van der Waals surface area contributed by atoms with Gasteiger partial charge in [-0.1, -0.05) is 0 Å². The SMILES string of the molecule is CC(C)OC(=O)COc1ccc(N)cc1F. The molecule has 0 aliphatic carbocycles. The molecule has 1 rings (SSSR count). The number of anilines is 1. The summed E-state index contributed by atoms with van der Waals surface area (Å²) in [6, 6.07) is 3.99. The molecule has 1 aromatic rings. The highest BCUT2D eigenvalue weighted by Gasteiger charge is 2.09. The summed E-state index contributed by atoms with van der Waals surface area (Å²) < 4.78 is 23.0. The summed E-state index contributed by atoms with van der Waals surface area (Å²) in [7, 11) is 0. The summed E-state index contributed by atoms with van der Waals surface area (Å²) in [5.74, 6) is -1.15. The Morgan fingerprint density at radius 1 is 1.50 bits per heavy atom. The Morgan fingerprint density at radius 3 is 2.75 bits per heavy atom. The van der Waals surface area contributed by atoms with Crippen LogP contribution in [0.15, 0.2) is 18.2 Å². The highest BCUT2D eigenvalue weighted by Crippen LogP contribution is 2.19. The van der Waals surface area contributed by atoms with Crippen LogP contribution in [0.3, 0.4) is 0 Å². The zero-order valence-electron chi connectivity index (χ0n) is 9.20. The number of halogens is 1. The molecule has 0 radical (unpaired) electrons. The molecule has 0 atom stereocenters. The second kappa shape index (κ2) is 5.34. The van der Waals surface area contributed by atoms with Crippen molar-refractivity contribution in [1.29, 1.82) is 0 Å². The third kappa shape index (κ3) is 3.76. The molecule has 0 heterocycles. The molecule has 0 aromatic heterocycles. The summed E-state index contributed by atoms with van der Waals surface area (Å²) in [6.45, 7) is 3.13. The second-order valence-electron chi connectivity index (χ2n) is 3.52. The lowest BCUT2D eigenvalue weighted by Crippen LogP contribution is -2.19. The van der Waals surface area contributed by atoms with Crippen LogP contribution in [0.4, 0.5) is 10.1 Å². The van der Waals surface area contributed by atoms with Gasteiger partial charge >= 0.3 is 5.97 Å². The molecule has 2 N–H and O–H groups in total. The van der Waals surface area contributed by atoms with Crippen molar-refractivity contribution in [2.24, 2.45) is 0 Å². The molecular formula is C11H14FNO3. The minimum Gasteiger partial charge on any atom is -0.479 e. The van der Waals surface area contributed by atoms with Crippen molar-refractivity contribution >= 4 is 11.7 Å². The average molecular weight is 227 g/mol. The molecule has 1 aromatic carbocycles. The van der Waals surface area contributed by atoms with Crippen LogP contribution in [-0.4, -0.2) is 18.7 Å². The zero-order chi connectivity index (χ0) is 12.1. The van der Waals surface area contributed by atoms with Gasteiger partial charge in [-0.05, 0) is 26.0 Å². The number of hydrogen-bond acceptors (Lipinski definition) is 4. The van der Waals surface area contributed by atoms with Crippen LogP contribution in [0.1, 0.15) is 13.8 Å². The van der Waals surface area contributed by atoms with E-state index >= 15 is 0 Å². The van der Waals surface area contributed by atoms with E-state index < -0.39 is 11.8 Å². The molecule has 16 heavy (non-hydrogen) atoms. The third-order valence-electron chi connectivity index (χ3n) is 1.67. The maximum absolute atomic E-state index is 13.2. The Labute approximate surface area is 93.2 Å². The van der Waals surface area contributed by atoms with Crippen LogP contribution in [-0.2, 0) is 9.53 Å². The zero-order valence-corrected chi connectivity index (χ0v) is 9.20. The number of carbonyl (C=O) groups excluding carboxylic acids is 1. The molecule has 0 bridgehead atoms. The number of rotatable bonds is 4. The first-order valence-corrected chi connectivity index (χ1v) is 4.86. The van der Waals surface area contributed by atoms with Crippen LogP contribution in [0.5, 0.6) is 5.75 Å². The highest BCUT2D eigenvalue weighted by molar-refractivity contribution is 5.71. The molecule has 0 saturated carbocycles. The Bertz CT molecular complexity index is 379. The fourth-order valence-corrected chi connectivity index (χ4v) is 1.07. The fourth-order valence-electron chi connectivity index (χ4n) is 1.07. The van der Waals surface area contributed by atoms with E-state index in [1.165, 1.54) is 12.1 Å². The molecule has 0 aliphatic heterocycles. The minimum atomic E-state index is -0.600. The van der Waals surface area contributed by atoms with Gasteiger partial charge in [-0.25, -0.2) is 9.18 Å². The molecule has 0 spiro atoms. The van der Waals surface area contributed by atoms with Crippen LogP contribution < -0.4 is 10.5 Å². The van der Waals surface area contributed by atoms with E-state index in [2.05, 4.69) is 0 Å². The number of nitrogen functional groups attached to an aromatic ring is 1. The van der Waals surface area contributed by atoms with Gasteiger partial charge < -0.3 is 15.2 Å². The van der Waals surface area contributed by atoms with Crippen molar-refractivity contribution in [2.45, 2.75) is 20.0 Å². The van der Waals surface area contributed by atoms with Crippen LogP contribution in [0.2, 0.25) is 0 Å². The van der Waals surface area contributed by atoms with E-state index in [1.54, 1.807) is 13.8 Å². The van der Waals surface area contributed by atoms with E-state index in [0.29, 0.717) is 5.69 Å². The molecule has 0 saturated heterocycles. The van der Waals surface area contributed by atoms with Gasteiger partial charge in [0.15, 0.2) is 18.2 Å². The number of ether oxygens (including phenoxy) is 2. The predicted octanol–water partition coefficient (Wildman–Crippen LogP) is 1.74. The summed E-state index contributed by atoms with van der Waals surface area (Å²) in [5, 5.41) is 0. The van der Waals surface area contributed by atoms with Crippen molar-refractivity contribution in [3.63, 3.8) is 0 Å². The van der Waals surface area contributed by atoms with Gasteiger partial charge in [0.1, 0.15) is 0 Å². The van der Waals surface area contributed by atoms with E-state index in [9.17, 15) is 9.18 Å². The predicted molar refractivity (Wildman–Crippen MR) is 57.5 cm³/mol. The van der Waals surface area contributed by atoms with Crippen LogP contribution in [0.25, 0.3) is 0 Å². The molecule has 88 valence electrons. The first-order chi connectivity index (χ1) is 7.49. The van der Waals surface area contributed by atoms with Crippen molar-refractivity contribution in [2.75, 3.05) is 12.3 Å². The molecular weight excluding hydrogens is 213 g/mol. The molecule has 4 nitrogen and oxygen atoms in total. The number of carbonyl (C=O) groups is 1. The smallest absolute Gasteiger partial charge is 0.344 e. The minimum absolute atomic E-state index is 0.0186. The lowest BCUT2D eigenvalue weighted by molar-refractivity contribution is -0.149. The van der Waals surface area contributed by atoms with Gasteiger partial charge in [-0.3, -0.25) is 0 Å². The van der Waals surface area contributed by atoms with Gasteiger partial charge in [-0.15, -0.1) is 0 Å². The van der Waals surface area contributed by atoms with E-state index in [1.807, 2.05) is 0 Å². The number of nitrogens with two attached hydrogens (primary N) is 1. The van der Waals surface area contributed by atoms with Crippen LogP contribution >= 0.6 is 0 Å². The van der Waals surface area contributed by atoms with Crippen molar-refractivity contribution in [3.8, 4) is 5.75 Å². The van der Waals surface area contributed by atoms with Gasteiger partial charge in [0, 0.05) is 11.8 Å². The van der Waals surface area contributed by atoms with Crippen LogP contribution in [0, 0.1) is 5.82 Å². The Balaban J connectivity index is 2.51. The highest BCUT2D eigenvalue weighted by atomic mass is 19.1. The van der Waals surface area contributed by atoms with Crippen molar-refractivity contribution < 1.29 is 18.7 Å². The summed E-state index contributed by atoms with van der Waals surface area (Å²) in [6.07, 6.45) is -0.215. The number of hydrogen-bond donors (Lipinski definition) is 1.